The average Bonchev–Trinajstić information content (AvgIpc) is 2.32. The van der Waals surface area contributed by atoms with E-state index in [2.05, 4.69) is 0 Å². The first-order valence-electron chi connectivity index (χ1n) is 5.51. The minimum Gasteiger partial charge on any atom is -0.387 e. The van der Waals surface area contributed by atoms with Crippen LogP contribution in [-0.4, -0.2) is 41.1 Å². The summed E-state index contributed by atoms with van der Waals surface area (Å²) >= 11 is 1.72. The Morgan fingerprint density at radius 2 is 2.24 bits per heavy atom. The van der Waals surface area contributed by atoms with E-state index >= 15 is 0 Å². The van der Waals surface area contributed by atoms with Crippen LogP contribution in [0.5, 0.6) is 0 Å². The maximum Gasteiger partial charge on any atom is 0.164 e. The average molecular weight is 259 g/mol. The molecule has 2 atom stereocenters. The molecule has 2 nitrogen and oxygen atoms in total. The highest BCUT2D eigenvalue weighted by Gasteiger charge is 2.29. The number of hydrogen-bond donors (Lipinski definition) is 1. The molecule has 0 saturated carbocycles. The fourth-order valence-electron chi connectivity index (χ4n) is 1.99. The quantitative estimate of drug-likeness (QED) is 0.879. The van der Waals surface area contributed by atoms with Crippen LogP contribution in [0.3, 0.4) is 0 Å². The van der Waals surface area contributed by atoms with Gasteiger partial charge in [-0.25, -0.2) is 8.78 Å². The molecule has 1 fully saturated rings. The van der Waals surface area contributed by atoms with Gasteiger partial charge in [-0.3, -0.25) is 4.90 Å². The number of likely N-dealkylation sites (N-methyl/N-ethyl adjacent to an activating group) is 1. The van der Waals surface area contributed by atoms with Crippen molar-refractivity contribution in [1.82, 2.24) is 4.90 Å². The molecule has 1 N–H and O–H groups in total. The van der Waals surface area contributed by atoms with Gasteiger partial charge in [0.05, 0.1) is 6.10 Å². The predicted octanol–water partition coefficient (Wildman–Crippen LogP) is 2.05. The van der Waals surface area contributed by atoms with Crippen molar-refractivity contribution in [2.75, 3.05) is 25.1 Å². The van der Waals surface area contributed by atoms with Crippen molar-refractivity contribution in [3.8, 4) is 0 Å². The third-order valence-corrected chi connectivity index (χ3v) is 4.16. The normalized spacial score (nSPS) is 23.6. The van der Waals surface area contributed by atoms with Gasteiger partial charge >= 0.3 is 0 Å². The molecule has 1 heterocycles. The zero-order chi connectivity index (χ0) is 12.4. The molecule has 0 amide bonds. The second-order valence-corrected chi connectivity index (χ2v) is 5.36. The SMILES string of the molecule is CN1CCSCC1C(O)c1cccc(F)c1F. The molecule has 17 heavy (non-hydrogen) atoms. The van der Waals surface area contributed by atoms with Crippen molar-refractivity contribution in [3.05, 3.63) is 35.4 Å². The predicted molar refractivity (Wildman–Crippen MR) is 65.1 cm³/mol. The summed E-state index contributed by atoms with van der Waals surface area (Å²) in [6.07, 6.45) is -0.983. The lowest BCUT2D eigenvalue weighted by molar-refractivity contribution is 0.0725. The van der Waals surface area contributed by atoms with Gasteiger partial charge in [-0.15, -0.1) is 0 Å². The maximum absolute atomic E-state index is 13.6. The van der Waals surface area contributed by atoms with Crippen LogP contribution >= 0.6 is 11.8 Å². The molecule has 2 unspecified atom stereocenters. The van der Waals surface area contributed by atoms with E-state index in [1.54, 1.807) is 11.8 Å². The molecule has 1 aromatic carbocycles. The molecule has 0 radical (unpaired) electrons. The minimum absolute atomic E-state index is 0.0457. The largest absolute Gasteiger partial charge is 0.387 e. The Labute approximate surface area is 104 Å². The first-order valence-corrected chi connectivity index (χ1v) is 6.66. The van der Waals surface area contributed by atoms with Crippen LogP contribution in [0.4, 0.5) is 8.78 Å². The van der Waals surface area contributed by atoms with Crippen molar-refractivity contribution in [1.29, 1.82) is 0 Å². The molecule has 5 heteroatoms. The van der Waals surface area contributed by atoms with Crippen LogP contribution in [0.2, 0.25) is 0 Å². The smallest absolute Gasteiger partial charge is 0.164 e. The fraction of sp³-hybridized carbons (Fsp3) is 0.500. The number of nitrogens with zero attached hydrogens (tertiary/aromatic N) is 1. The Kier molecular flexibility index (Phi) is 4.01. The van der Waals surface area contributed by atoms with Gasteiger partial charge in [0.15, 0.2) is 11.6 Å². The second-order valence-electron chi connectivity index (χ2n) is 4.21. The van der Waals surface area contributed by atoms with Crippen LogP contribution in [0.25, 0.3) is 0 Å². The third kappa shape index (κ3) is 2.61. The van der Waals surface area contributed by atoms with Crippen LogP contribution in [0.15, 0.2) is 18.2 Å². The van der Waals surface area contributed by atoms with Crippen LogP contribution in [0.1, 0.15) is 11.7 Å². The number of benzene rings is 1. The van der Waals surface area contributed by atoms with Gasteiger partial charge in [0.1, 0.15) is 0 Å². The van der Waals surface area contributed by atoms with E-state index < -0.39 is 17.7 Å². The first kappa shape index (κ1) is 12.8. The van der Waals surface area contributed by atoms with E-state index in [4.69, 9.17) is 0 Å². The number of hydrogen-bond acceptors (Lipinski definition) is 3. The Morgan fingerprint density at radius 3 is 2.94 bits per heavy atom. The highest BCUT2D eigenvalue weighted by molar-refractivity contribution is 7.99. The standard InChI is InChI=1S/C12H15F2NOS/c1-15-5-6-17-7-10(15)12(16)8-3-2-4-9(13)11(8)14/h2-4,10,12,16H,5-7H2,1H3. The molecular weight excluding hydrogens is 244 g/mol. The zero-order valence-corrected chi connectivity index (χ0v) is 10.4. The summed E-state index contributed by atoms with van der Waals surface area (Å²) in [5.41, 5.74) is 0.0457. The van der Waals surface area contributed by atoms with Gasteiger partial charge in [0.2, 0.25) is 0 Å². The topological polar surface area (TPSA) is 23.5 Å². The maximum atomic E-state index is 13.6. The summed E-state index contributed by atoms with van der Waals surface area (Å²) in [6, 6.07) is 3.76. The van der Waals surface area contributed by atoms with Crippen LogP contribution in [0, 0.1) is 11.6 Å². The molecule has 1 aliphatic heterocycles. The molecule has 94 valence electrons. The summed E-state index contributed by atoms with van der Waals surface area (Å²) < 4.78 is 26.7. The van der Waals surface area contributed by atoms with E-state index in [0.717, 1.165) is 24.1 Å². The Bertz CT molecular complexity index is 402. The number of halogens is 2. The van der Waals surface area contributed by atoms with E-state index in [-0.39, 0.29) is 11.6 Å². The van der Waals surface area contributed by atoms with Gasteiger partial charge in [-0.2, -0.15) is 11.8 Å². The van der Waals surface area contributed by atoms with Gasteiger partial charge in [0.25, 0.3) is 0 Å². The van der Waals surface area contributed by atoms with Gasteiger partial charge in [-0.05, 0) is 13.1 Å². The van der Waals surface area contributed by atoms with Crippen molar-refractivity contribution in [3.63, 3.8) is 0 Å². The van der Waals surface area contributed by atoms with Crippen molar-refractivity contribution < 1.29 is 13.9 Å². The highest BCUT2D eigenvalue weighted by atomic mass is 32.2. The van der Waals surface area contributed by atoms with Crippen molar-refractivity contribution in [2.45, 2.75) is 12.1 Å². The summed E-state index contributed by atoms with van der Waals surface area (Å²) in [4.78, 5) is 1.99. The molecular formula is C12H15F2NOS. The second kappa shape index (κ2) is 5.33. The first-order chi connectivity index (χ1) is 8.11. The monoisotopic (exact) mass is 259 g/mol. The Hall–Kier alpha value is -0.650. The van der Waals surface area contributed by atoms with E-state index in [1.807, 2.05) is 11.9 Å². The van der Waals surface area contributed by atoms with Crippen molar-refractivity contribution >= 4 is 11.8 Å². The van der Waals surface area contributed by atoms with E-state index in [9.17, 15) is 13.9 Å². The summed E-state index contributed by atoms with van der Waals surface area (Å²) in [5.74, 6) is -0.115. The number of aliphatic hydroxyl groups excluding tert-OH is 1. The lowest BCUT2D eigenvalue weighted by Gasteiger charge is -2.35. The molecule has 0 aliphatic carbocycles. The van der Waals surface area contributed by atoms with E-state index in [0.29, 0.717) is 0 Å². The van der Waals surface area contributed by atoms with Crippen molar-refractivity contribution in [2.24, 2.45) is 0 Å². The molecule has 0 spiro atoms. The molecule has 0 aromatic heterocycles. The van der Waals surface area contributed by atoms with Crippen LogP contribution in [-0.2, 0) is 0 Å². The Morgan fingerprint density at radius 1 is 1.47 bits per heavy atom. The van der Waals surface area contributed by atoms with E-state index in [1.165, 1.54) is 12.1 Å². The summed E-state index contributed by atoms with van der Waals surface area (Å²) in [6.45, 7) is 0.851. The number of aliphatic hydroxyl groups is 1. The number of rotatable bonds is 2. The lowest BCUT2D eigenvalue weighted by atomic mass is 10.0. The Balaban J connectivity index is 2.23. The highest BCUT2D eigenvalue weighted by Crippen LogP contribution is 2.28. The van der Waals surface area contributed by atoms with Crippen LogP contribution < -0.4 is 0 Å². The minimum atomic E-state index is -0.983. The molecule has 0 bridgehead atoms. The third-order valence-electron chi connectivity index (χ3n) is 3.11. The molecule has 1 aromatic rings. The fourth-order valence-corrected chi connectivity index (χ4v) is 3.26. The van der Waals surface area contributed by atoms with Gasteiger partial charge < -0.3 is 5.11 Å². The molecule has 1 saturated heterocycles. The zero-order valence-electron chi connectivity index (χ0n) is 9.57. The summed E-state index contributed by atoms with van der Waals surface area (Å²) in [7, 11) is 1.89. The van der Waals surface area contributed by atoms with Gasteiger partial charge in [0, 0.05) is 29.7 Å². The molecule has 1 aliphatic rings. The summed E-state index contributed by atoms with van der Waals surface area (Å²) in [5, 5.41) is 10.2. The van der Waals surface area contributed by atoms with Gasteiger partial charge in [-0.1, -0.05) is 12.1 Å². The number of thioether (sulfide) groups is 1. The molecule has 2 rings (SSSR count). The lowest BCUT2D eigenvalue weighted by Crippen LogP contribution is -2.43.